The Kier molecular flexibility index (Phi) is 9.01. The molecular weight excluding hydrogens is 481 g/mol. The van der Waals surface area contributed by atoms with Crippen molar-refractivity contribution < 1.29 is 9.84 Å². The van der Waals surface area contributed by atoms with Gasteiger partial charge in [0.05, 0.1) is 11.8 Å². The van der Waals surface area contributed by atoms with Crippen molar-refractivity contribution in [3.8, 4) is 5.75 Å². The van der Waals surface area contributed by atoms with Crippen LogP contribution in [0.15, 0.2) is 48.5 Å². The lowest BCUT2D eigenvalue weighted by Crippen LogP contribution is -2.47. The van der Waals surface area contributed by atoms with Gasteiger partial charge in [0.25, 0.3) is 0 Å². The predicted molar refractivity (Wildman–Crippen MR) is 146 cm³/mol. The highest BCUT2D eigenvalue weighted by molar-refractivity contribution is 6.30. The SMILES string of the molecule is Cl.Cn1c(COc2ccc(Cl)cc2)c(C(O)CN2CCC(N3CCCCC3)CC2)c2ccccc21. The van der Waals surface area contributed by atoms with E-state index < -0.39 is 6.10 Å². The van der Waals surface area contributed by atoms with Crippen LogP contribution in [-0.2, 0) is 13.7 Å². The van der Waals surface area contributed by atoms with Gasteiger partial charge in [-0.25, -0.2) is 0 Å². The number of nitrogens with zero attached hydrogens (tertiary/aromatic N) is 3. The molecule has 0 saturated carbocycles. The number of piperidine rings is 2. The third kappa shape index (κ3) is 5.98. The van der Waals surface area contributed by atoms with Gasteiger partial charge < -0.3 is 24.2 Å². The fraction of sp³-hybridized carbons (Fsp3) is 0.500. The highest BCUT2D eigenvalue weighted by Crippen LogP contribution is 2.33. The summed E-state index contributed by atoms with van der Waals surface area (Å²) in [5.74, 6) is 0.773. The van der Waals surface area contributed by atoms with E-state index in [1.807, 2.05) is 36.4 Å². The van der Waals surface area contributed by atoms with Crippen LogP contribution in [0, 0.1) is 0 Å². The number of ether oxygens (including phenoxy) is 1. The molecule has 2 fully saturated rings. The van der Waals surface area contributed by atoms with Gasteiger partial charge in [-0.2, -0.15) is 0 Å². The van der Waals surface area contributed by atoms with Gasteiger partial charge in [0, 0.05) is 41.1 Å². The summed E-state index contributed by atoms with van der Waals surface area (Å²) >= 11 is 6.02. The minimum atomic E-state index is -0.554. The van der Waals surface area contributed by atoms with E-state index in [1.165, 1.54) is 45.2 Å². The molecule has 3 aromatic rings. The van der Waals surface area contributed by atoms with E-state index in [0.717, 1.165) is 47.0 Å². The number of fused-ring (bicyclic) bond motifs is 1. The Bertz CT molecular complexity index is 1090. The topological polar surface area (TPSA) is 40.9 Å². The quantitative estimate of drug-likeness (QED) is 0.428. The van der Waals surface area contributed by atoms with Gasteiger partial charge in [-0.1, -0.05) is 36.2 Å². The molecule has 7 heteroatoms. The maximum Gasteiger partial charge on any atom is 0.129 e. The van der Waals surface area contributed by atoms with E-state index in [-0.39, 0.29) is 12.4 Å². The molecule has 2 aliphatic heterocycles. The largest absolute Gasteiger partial charge is 0.487 e. The van der Waals surface area contributed by atoms with Crippen molar-refractivity contribution in [2.24, 2.45) is 7.05 Å². The van der Waals surface area contributed by atoms with Crippen LogP contribution in [-0.4, -0.2) is 58.2 Å². The van der Waals surface area contributed by atoms with Gasteiger partial charge in [0.2, 0.25) is 0 Å². The number of β-amino-alcohol motifs (C(OH)–C–C–N with tert-alkyl or cyclic N) is 1. The summed E-state index contributed by atoms with van der Waals surface area (Å²) in [5.41, 5.74) is 3.13. The van der Waals surface area contributed by atoms with Gasteiger partial charge >= 0.3 is 0 Å². The van der Waals surface area contributed by atoms with E-state index in [0.29, 0.717) is 18.2 Å². The standard InChI is InChI=1S/C28H36ClN3O2.ClH/c1-30-25-8-4-3-7-24(25)28(26(30)20-34-23-11-9-21(29)10-12-23)27(33)19-31-17-13-22(14-18-31)32-15-5-2-6-16-32;/h3-4,7-12,22,27,33H,2,5-6,13-20H2,1H3;1H. The van der Waals surface area contributed by atoms with Gasteiger partial charge in [-0.3, -0.25) is 0 Å². The molecule has 35 heavy (non-hydrogen) atoms. The van der Waals surface area contributed by atoms with E-state index in [9.17, 15) is 5.11 Å². The van der Waals surface area contributed by atoms with Crippen molar-refractivity contribution in [3.63, 3.8) is 0 Å². The van der Waals surface area contributed by atoms with Crippen molar-refractivity contribution in [1.29, 1.82) is 0 Å². The van der Waals surface area contributed by atoms with Crippen LogP contribution in [0.5, 0.6) is 5.75 Å². The monoisotopic (exact) mass is 517 g/mol. The zero-order chi connectivity index (χ0) is 23.5. The predicted octanol–water partition coefficient (Wildman–Crippen LogP) is 5.82. The first-order valence-electron chi connectivity index (χ1n) is 12.7. The van der Waals surface area contributed by atoms with Crippen molar-refractivity contribution in [2.45, 2.75) is 50.9 Å². The summed E-state index contributed by atoms with van der Waals surface area (Å²) in [6.45, 7) is 5.70. The number of halogens is 2. The van der Waals surface area contributed by atoms with Gasteiger partial charge in [-0.05, 0) is 82.2 Å². The van der Waals surface area contributed by atoms with Crippen molar-refractivity contribution in [1.82, 2.24) is 14.4 Å². The zero-order valence-electron chi connectivity index (χ0n) is 20.5. The minimum absolute atomic E-state index is 0. The molecule has 2 aliphatic rings. The molecule has 5 nitrogen and oxygen atoms in total. The van der Waals surface area contributed by atoms with E-state index in [2.05, 4.69) is 33.5 Å². The molecule has 190 valence electrons. The number of likely N-dealkylation sites (tertiary alicyclic amines) is 2. The normalized spacial score (nSPS) is 18.9. The molecule has 1 unspecified atom stereocenters. The molecule has 2 saturated heterocycles. The van der Waals surface area contributed by atoms with E-state index in [1.54, 1.807) is 0 Å². The summed E-state index contributed by atoms with van der Waals surface area (Å²) in [6, 6.07) is 16.5. The molecule has 0 bridgehead atoms. The number of hydrogen-bond donors (Lipinski definition) is 1. The molecular formula is C28H37Cl2N3O2. The summed E-state index contributed by atoms with van der Waals surface area (Å²) in [7, 11) is 2.06. The Labute approximate surface area is 220 Å². The second kappa shape index (κ2) is 12.0. The number of aromatic nitrogens is 1. The highest BCUT2D eigenvalue weighted by atomic mass is 35.5. The van der Waals surface area contributed by atoms with Gasteiger partial charge in [0.1, 0.15) is 12.4 Å². The minimum Gasteiger partial charge on any atom is -0.487 e. The summed E-state index contributed by atoms with van der Waals surface area (Å²) in [4.78, 5) is 5.14. The lowest BCUT2D eigenvalue weighted by molar-refractivity contribution is 0.0599. The summed E-state index contributed by atoms with van der Waals surface area (Å²) < 4.78 is 8.27. The first-order chi connectivity index (χ1) is 16.6. The maximum atomic E-state index is 11.5. The van der Waals surface area contributed by atoms with Crippen molar-refractivity contribution in [3.05, 3.63) is 64.8 Å². The van der Waals surface area contributed by atoms with Crippen LogP contribution in [0.25, 0.3) is 10.9 Å². The molecule has 2 aromatic carbocycles. The Hall–Kier alpha value is -1.76. The smallest absolute Gasteiger partial charge is 0.129 e. The van der Waals surface area contributed by atoms with Crippen LogP contribution >= 0.6 is 24.0 Å². The summed E-state index contributed by atoms with van der Waals surface area (Å²) in [6.07, 6.45) is 5.93. The number of aryl methyl sites for hydroxylation is 1. The average Bonchev–Trinajstić information content (AvgIpc) is 3.16. The number of rotatable bonds is 7. The lowest BCUT2D eigenvalue weighted by atomic mass is 9.98. The fourth-order valence-corrected chi connectivity index (χ4v) is 5.92. The number of benzene rings is 2. The Morgan fingerprint density at radius 1 is 0.971 bits per heavy atom. The molecule has 3 heterocycles. The maximum absolute atomic E-state index is 11.5. The molecule has 1 atom stereocenters. The molecule has 0 aliphatic carbocycles. The second-order valence-corrected chi connectivity index (χ2v) is 10.3. The number of para-hydroxylation sites is 1. The number of aliphatic hydroxyl groups excluding tert-OH is 1. The highest BCUT2D eigenvalue weighted by Gasteiger charge is 2.28. The van der Waals surface area contributed by atoms with Crippen LogP contribution in [0.1, 0.15) is 49.5 Å². The average molecular weight is 519 g/mol. The third-order valence-corrected chi connectivity index (χ3v) is 7.94. The first-order valence-corrected chi connectivity index (χ1v) is 13.1. The van der Waals surface area contributed by atoms with Crippen molar-refractivity contribution >= 4 is 34.9 Å². The molecule has 0 spiro atoms. The molecule has 1 N–H and O–H groups in total. The van der Waals surface area contributed by atoms with E-state index in [4.69, 9.17) is 16.3 Å². The fourth-order valence-electron chi connectivity index (χ4n) is 5.79. The molecule has 1 aromatic heterocycles. The van der Waals surface area contributed by atoms with Gasteiger partial charge in [-0.15, -0.1) is 12.4 Å². The van der Waals surface area contributed by atoms with Crippen LogP contribution in [0.2, 0.25) is 5.02 Å². The first kappa shape index (κ1) is 26.3. The van der Waals surface area contributed by atoms with Crippen molar-refractivity contribution in [2.75, 3.05) is 32.7 Å². The second-order valence-electron chi connectivity index (χ2n) is 9.82. The van der Waals surface area contributed by atoms with Crippen LogP contribution in [0.4, 0.5) is 0 Å². The third-order valence-electron chi connectivity index (χ3n) is 7.69. The Morgan fingerprint density at radius 2 is 1.66 bits per heavy atom. The Morgan fingerprint density at radius 3 is 2.37 bits per heavy atom. The lowest BCUT2D eigenvalue weighted by Gasteiger charge is -2.40. The number of hydrogen-bond acceptors (Lipinski definition) is 4. The van der Waals surface area contributed by atoms with Crippen LogP contribution < -0.4 is 4.74 Å². The molecule has 0 amide bonds. The Balaban J connectivity index is 0.00000289. The zero-order valence-corrected chi connectivity index (χ0v) is 22.1. The number of aliphatic hydroxyl groups is 1. The summed E-state index contributed by atoms with van der Waals surface area (Å²) in [5, 5.41) is 13.3. The molecule has 5 rings (SSSR count). The van der Waals surface area contributed by atoms with E-state index >= 15 is 0 Å². The van der Waals surface area contributed by atoms with Gasteiger partial charge in [0.15, 0.2) is 0 Å². The van der Waals surface area contributed by atoms with Crippen LogP contribution in [0.3, 0.4) is 0 Å². The molecule has 0 radical (unpaired) electrons.